The number of piperidine rings is 1. The molecular weight excluding hydrogens is 446 g/mol. The Morgan fingerprint density at radius 2 is 1.91 bits per heavy atom. The Bertz CT molecular complexity index is 987. The molecule has 2 saturated heterocycles. The lowest BCUT2D eigenvalue weighted by molar-refractivity contribution is 0.0169. The largest absolute Gasteiger partial charge is 0.379 e. The predicted molar refractivity (Wildman–Crippen MR) is 125 cm³/mol. The van der Waals surface area contributed by atoms with Crippen LogP contribution >= 0.6 is 11.3 Å². The molecule has 32 heavy (non-hydrogen) atoms. The quantitative estimate of drug-likeness (QED) is 0.663. The van der Waals surface area contributed by atoms with Crippen molar-refractivity contribution in [3.05, 3.63) is 52.2 Å². The second kappa shape index (κ2) is 10.4. The summed E-state index contributed by atoms with van der Waals surface area (Å²) in [7, 11) is -3.54. The molecule has 0 aliphatic carbocycles. The van der Waals surface area contributed by atoms with Gasteiger partial charge in [0.15, 0.2) is 0 Å². The maximum absolute atomic E-state index is 13.0. The van der Waals surface area contributed by atoms with E-state index >= 15 is 0 Å². The van der Waals surface area contributed by atoms with Gasteiger partial charge in [-0.15, -0.1) is 11.3 Å². The van der Waals surface area contributed by atoms with Crippen LogP contribution in [0.3, 0.4) is 0 Å². The van der Waals surface area contributed by atoms with Gasteiger partial charge in [0.2, 0.25) is 10.0 Å². The first-order valence-electron chi connectivity index (χ1n) is 11.2. The van der Waals surface area contributed by atoms with Crippen LogP contribution in [0.4, 0.5) is 0 Å². The number of hydrogen-bond acceptors (Lipinski definition) is 6. The summed E-state index contributed by atoms with van der Waals surface area (Å²) in [6.07, 6.45) is 2.83. The first kappa shape index (κ1) is 23.4. The van der Waals surface area contributed by atoms with Gasteiger partial charge in [-0.3, -0.25) is 9.69 Å². The second-order valence-corrected chi connectivity index (χ2v) is 11.2. The number of thiophene rings is 1. The van der Waals surface area contributed by atoms with Gasteiger partial charge in [-0.2, -0.15) is 4.31 Å². The van der Waals surface area contributed by atoms with E-state index in [9.17, 15) is 13.2 Å². The normalized spacial score (nSPS) is 21.8. The minimum Gasteiger partial charge on any atom is -0.379 e. The summed E-state index contributed by atoms with van der Waals surface area (Å²) in [5, 5.41) is 5.09. The molecule has 9 heteroatoms. The molecule has 1 N–H and O–H groups in total. The minimum atomic E-state index is -3.54. The van der Waals surface area contributed by atoms with Crippen LogP contribution in [0.25, 0.3) is 0 Å². The minimum absolute atomic E-state index is 0.00565. The molecule has 2 aromatic rings. The van der Waals surface area contributed by atoms with Gasteiger partial charge in [0.1, 0.15) is 0 Å². The number of amides is 1. The molecule has 4 rings (SSSR count). The fourth-order valence-corrected chi connectivity index (χ4v) is 6.97. The lowest BCUT2D eigenvalue weighted by Gasteiger charge is -2.34. The molecule has 3 heterocycles. The monoisotopic (exact) mass is 477 g/mol. The van der Waals surface area contributed by atoms with Gasteiger partial charge < -0.3 is 10.1 Å². The number of benzene rings is 1. The van der Waals surface area contributed by atoms with Gasteiger partial charge in [0, 0.05) is 42.7 Å². The van der Waals surface area contributed by atoms with Crippen LogP contribution in [0, 0.1) is 0 Å². The van der Waals surface area contributed by atoms with Crippen molar-refractivity contribution >= 4 is 27.3 Å². The molecule has 0 saturated carbocycles. The average Bonchev–Trinajstić information content (AvgIpc) is 3.35. The summed E-state index contributed by atoms with van der Waals surface area (Å²) in [5.41, 5.74) is 0.461. The fourth-order valence-electron chi connectivity index (χ4n) is 4.41. The Morgan fingerprint density at radius 3 is 2.56 bits per heavy atom. The van der Waals surface area contributed by atoms with Crippen LogP contribution in [0.5, 0.6) is 0 Å². The van der Waals surface area contributed by atoms with Crippen molar-refractivity contribution < 1.29 is 17.9 Å². The van der Waals surface area contributed by atoms with E-state index in [0.717, 1.165) is 32.4 Å². The number of morpholine rings is 1. The predicted octanol–water partition coefficient (Wildman–Crippen LogP) is 3.11. The van der Waals surface area contributed by atoms with E-state index in [-0.39, 0.29) is 22.9 Å². The Balaban J connectivity index is 1.42. The zero-order chi connectivity index (χ0) is 22.6. The number of ether oxygens (including phenoxy) is 1. The highest BCUT2D eigenvalue weighted by Crippen LogP contribution is 2.27. The third-order valence-electron chi connectivity index (χ3n) is 6.28. The van der Waals surface area contributed by atoms with Crippen molar-refractivity contribution in [2.75, 3.05) is 39.4 Å². The fraction of sp³-hybridized carbons (Fsp3) is 0.522. The third-order valence-corrected chi connectivity index (χ3v) is 9.28. The zero-order valence-electron chi connectivity index (χ0n) is 18.4. The molecule has 0 unspecified atom stereocenters. The highest BCUT2D eigenvalue weighted by Gasteiger charge is 2.31. The molecular formula is C23H31N3O4S2. The highest BCUT2D eigenvalue weighted by molar-refractivity contribution is 7.89. The SMILES string of the molecule is C[C@@H]1CCCCN1S(=O)(=O)c1ccc(C(=O)NC[C@H](c2cccs2)N2CCOCC2)cc1. The van der Waals surface area contributed by atoms with E-state index in [0.29, 0.717) is 31.9 Å². The summed E-state index contributed by atoms with van der Waals surface area (Å²) in [5.74, 6) is -0.199. The maximum atomic E-state index is 13.0. The summed E-state index contributed by atoms with van der Waals surface area (Å²) >= 11 is 1.69. The van der Waals surface area contributed by atoms with E-state index in [4.69, 9.17) is 4.74 Å². The maximum Gasteiger partial charge on any atom is 0.251 e. The van der Waals surface area contributed by atoms with Gasteiger partial charge in [-0.1, -0.05) is 12.5 Å². The van der Waals surface area contributed by atoms with Crippen molar-refractivity contribution in [1.82, 2.24) is 14.5 Å². The smallest absolute Gasteiger partial charge is 0.251 e. The molecule has 0 bridgehead atoms. The van der Waals surface area contributed by atoms with E-state index in [2.05, 4.69) is 16.3 Å². The molecule has 7 nitrogen and oxygen atoms in total. The Morgan fingerprint density at radius 1 is 1.16 bits per heavy atom. The zero-order valence-corrected chi connectivity index (χ0v) is 20.0. The van der Waals surface area contributed by atoms with E-state index in [1.165, 1.54) is 4.88 Å². The van der Waals surface area contributed by atoms with Crippen molar-refractivity contribution in [2.45, 2.75) is 43.2 Å². The molecule has 2 atom stereocenters. The Hall–Kier alpha value is -1.78. The molecule has 2 aliphatic heterocycles. The molecule has 2 aliphatic rings. The molecule has 174 valence electrons. The number of hydrogen-bond donors (Lipinski definition) is 1. The summed E-state index contributed by atoms with van der Waals surface area (Å²) in [6.45, 7) is 6.06. The number of sulfonamides is 1. The highest BCUT2D eigenvalue weighted by atomic mass is 32.2. The topological polar surface area (TPSA) is 79.0 Å². The number of carbonyl (C=O) groups excluding carboxylic acids is 1. The number of nitrogens with zero attached hydrogens (tertiary/aromatic N) is 2. The number of rotatable bonds is 7. The van der Waals surface area contributed by atoms with Crippen molar-refractivity contribution in [1.29, 1.82) is 0 Å². The molecule has 1 aromatic heterocycles. The number of carbonyl (C=O) groups is 1. The lowest BCUT2D eigenvalue weighted by atomic mass is 10.1. The Kier molecular flexibility index (Phi) is 7.63. The van der Waals surface area contributed by atoms with Gasteiger partial charge in [0.05, 0.1) is 24.2 Å². The van der Waals surface area contributed by atoms with Crippen LogP contribution in [0.2, 0.25) is 0 Å². The van der Waals surface area contributed by atoms with Crippen LogP contribution in [-0.4, -0.2) is 69.0 Å². The van der Waals surface area contributed by atoms with Crippen LogP contribution < -0.4 is 5.32 Å². The van der Waals surface area contributed by atoms with Crippen molar-refractivity contribution in [3.8, 4) is 0 Å². The van der Waals surface area contributed by atoms with E-state index < -0.39 is 10.0 Å². The molecule has 1 aromatic carbocycles. The van der Waals surface area contributed by atoms with Gasteiger partial charge in [0.25, 0.3) is 5.91 Å². The summed E-state index contributed by atoms with van der Waals surface area (Å²) in [4.78, 5) is 16.6. The first-order valence-corrected chi connectivity index (χ1v) is 13.5. The third kappa shape index (κ3) is 5.23. The molecule has 0 radical (unpaired) electrons. The molecule has 0 spiro atoms. The molecule has 1 amide bonds. The standard InChI is InChI=1S/C23H31N3O4S2/c1-18-5-2-3-11-26(18)32(28,29)20-9-7-19(8-10-20)23(27)24-17-21(22-6-4-16-31-22)25-12-14-30-15-13-25/h4,6-10,16,18,21H,2-3,5,11-15,17H2,1H3,(H,24,27)/t18-,21-/m1/s1. The van der Waals surface area contributed by atoms with E-state index in [1.54, 1.807) is 39.9 Å². The number of nitrogens with one attached hydrogen (secondary N) is 1. The lowest BCUT2D eigenvalue weighted by Crippen LogP contribution is -2.43. The summed E-state index contributed by atoms with van der Waals surface area (Å²) in [6, 6.07) is 10.5. The second-order valence-electron chi connectivity index (χ2n) is 8.37. The van der Waals surface area contributed by atoms with Crippen molar-refractivity contribution in [2.24, 2.45) is 0 Å². The summed E-state index contributed by atoms with van der Waals surface area (Å²) < 4.78 is 33.1. The van der Waals surface area contributed by atoms with Gasteiger partial charge in [-0.05, 0) is 55.5 Å². The van der Waals surface area contributed by atoms with Crippen LogP contribution in [0.15, 0.2) is 46.7 Å². The van der Waals surface area contributed by atoms with E-state index in [1.807, 2.05) is 18.4 Å². The van der Waals surface area contributed by atoms with Crippen molar-refractivity contribution in [3.63, 3.8) is 0 Å². The Labute approximate surface area is 194 Å². The van der Waals surface area contributed by atoms with Crippen LogP contribution in [0.1, 0.15) is 47.5 Å². The van der Waals surface area contributed by atoms with Crippen LogP contribution in [-0.2, 0) is 14.8 Å². The first-order chi connectivity index (χ1) is 15.5. The van der Waals surface area contributed by atoms with Gasteiger partial charge in [-0.25, -0.2) is 8.42 Å². The molecule has 2 fully saturated rings. The van der Waals surface area contributed by atoms with Gasteiger partial charge >= 0.3 is 0 Å². The average molecular weight is 478 g/mol.